The summed E-state index contributed by atoms with van der Waals surface area (Å²) in [5, 5.41) is 0. The zero-order valence-electron chi connectivity index (χ0n) is 4.35. The van der Waals surface area contributed by atoms with Gasteiger partial charge in [-0.15, -0.1) is 0 Å². The molecular weight excluding hydrogens is 88.1 g/mol. The van der Waals surface area contributed by atoms with E-state index in [-0.39, 0.29) is 0 Å². The Morgan fingerprint density at radius 3 is 2.29 bits per heavy atom. The van der Waals surface area contributed by atoms with Crippen LogP contribution < -0.4 is 0 Å². The van der Waals surface area contributed by atoms with E-state index in [1.165, 1.54) is 6.08 Å². The molecule has 0 rings (SSSR count). The van der Waals surface area contributed by atoms with Crippen LogP contribution in [0.4, 0.5) is 0 Å². The molecule has 0 atom stereocenters. The van der Waals surface area contributed by atoms with Gasteiger partial charge in [0, 0.05) is 5.57 Å². The van der Waals surface area contributed by atoms with E-state index >= 15 is 0 Å². The highest BCUT2D eigenvalue weighted by Gasteiger charge is 1.77. The lowest BCUT2D eigenvalue weighted by Crippen LogP contribution is -1.72. The molecule has 0 unspecified atom stereocenters. The van der Waals surface area contributed by atoms with Crippen molar-refractivity contribution in [1.29, 1.82) is 0 Å². The van der Waals surface area contributed by atoms with Crippen molar-refractivity contribution in [3.63, 3.8) is 0 Å². The van der Waals surface area contributed by atoms with Crippen molar-refractivity contribution in [2.24, 2.45) is 0 Å². The highest BCUT2D eigenvalue weighted by atomic mass is 16.1. The molecule has 0 N–H and O–H groups in total. The standard InChI is InChI=1S/C6H8O/c1-3-6(4-2)5-7/h3-5H,1H2,2H3/b6-4+. The Balaban J connectivity index is 3.85. The molecule has 0 radical (unpaired) electrons. The molecule has 0 aromatic heterocycles. The molecule has 0 aromatic rings. The normalized spacial score (nSPS) is 10.7. The first kappa shape index (κ1) is 6.15. The Morgan fingerprint density at radius 1 is 1.71 bits per heavy atom. The molecule has 0 aliphatic carbocycles. The zero-order valence-corrected chi connectivity index (χ0v) is 4.35. The number of carbonyl (C=O) groups is 1. The van der Waals surface area contributed by atoms with E-state index in [9.17, 15) is 4.79 Å². The second-order valence-corrected chi connectivity index (χ2v) is 1.11. The van der Waals surface area contributed by atoms with Crippen LogP contribution in [0.15, 0.2) is 24.3 Å². The van der Waals surface area contributed by atoms with Gasteiger partial charge in [-0.1, -0.05) is 18.7 Å². The Labute approximate surface area is 43.3 Å². The van der Waals surface area contributed by atoms with Gasteiger partial charge in [0.15, 0.2) is 0 Å². The zero-order chi connectivity index (χ0) is 5.70. The number of aldehydes is 1. The first-order chi connectivity index (χ1) is 3.35. The van der Waals surface area contributed by atoms with E-state index < -0.39 is 0 Å². The average Bonchev–Trinajstić information content (AvgIpc) is 1.72. The lowest BCUT2D eigenvalue weighted by molar-refractivity contribution is -0.104. The quantitative estimate of drug-likeness (QED) is 0.288. The minimum atomic E-state index is 0.639. The summed E-state index contributed by atoms with van der Waals surface area (Å²) in [5.41, 5.74) is 0.639. The van der Waals surface area contributed by atoms with Crippen molar-refractivity contribution in [3.05, 3.63) is 24.3 Å². The van der Waals surface area contributed by atoms with Crippen molar-refractivity contribution in [2.75, 3.05) is 0 Å². The van der Waals surface area contributed by atoms with E-state index in [2.05, 4.69) is 6.58 Å². The lowest BCUT2D eigenvalue weighted by atomic mass is 10.3. The molecule has 1 nitrogen and oxygen atoms in total. The van der Waals surface area contributed by atoms with E-state index in [0.29, 0.717) is 5.57 Å². The van der Waals surface area contributed by atoms with E-state index in [0.717, 1.165) is 6.29 Å². The number of hydrogen-bond donors (Lipinski definition) is 0. The lowest BCUT2D eigenvalue weighted by Gasteiger charge is -1.77. The van der Waals surface area contributed by atoms with Crippen LogP contribution in [0.1, 0.15) is 6.92 Å². The van der Waals surface area contributed by atoms with Crippen molar-refractivity contribution in [3.8, 4) is 0 Å². The molecule has 0 aromatic carbocycles. The third kappa shape index (κ3) is 1.93. The summed E-state index contributed by atoms with van der Waals surface area (Å²) in [5.74, 6) is 0. The first-order valence-corrected chi connectivity index (χ1v) is 2.09. The largest absolute Gasteiger partial charge is 0.298 e. The first-order valence-electron chi connectivity index (χ1n) is 2.09. The van der Waals surface area contributed by atoms with E-state index in [1.807, 2.05) is 0 Å². The van der Waals surface area contributed by atoms with Gasteiger partial charge in [0.25, 0.3) is 0 Å². The predicted molar refractivity (Wildman–Crippen MR) is 30.0 cm³/mol. The molecule has 0 spiro atoms. The minimum absolute atomic E-state index is 0.639. The second kappa shape index (κ2) is 3.34. The third-order valence-corrected chi connectivity index (χ3v) is 0.705. The SMILES string of the molecule is C=C/C(C=O)=C\C. The van der Waals surface area contributed by atoms with Gasteiger partial charge in [-0.2, -0.15) is 0 Å². The number of allylic oxidation sites excluding steroid dienone is 3. The Hall–Kier alpha value is -0.850. The molecule has 0 saturated heterocycles. The van der Waals surface area contributed by atoms with Gasteiger partial charge in [-0.25, -0.2) is 0 Å². The van der Waals surface area contributed by atoms with Crippen LogP contribution in [0.5, 0.6) is 0 Å². The van der Waals surface area contributed by atoms with Gasteiger partial charge in [0.05, 0.1) is 0 Å². The second-order valence-electron chi connectivity index (χ2n) is 1.11. The summed E-state index contributed by atoms with van der Waals surface area (Å²) >= 11 is 0. The van der Waals surface area contributed by atoms with E-state index in [1.54, 1.807) is 13.0 Å². The molecule has 0 aliphatic rings. The van der Waals surface area contributed by atoms with Crippen molar-refractivity contribution < 1.29 is 4.79 Å². The van der Waals surface area contributed by atoms with Gasteiger partial charge in [-0.3, -0.25) is 4.79 Å². The molecule has 0 aliphatic heterocycles. The molecule has 0 fully saturated rings. The van der Waals surface area contributed by atoms with Crippen molar-refractivity contribution in [2.45, 2.75) is 6.92 Å². The summed E-state index contributed by atoms with van der Waals surface area (Å²) in [6.07, 6.45) is 4.00. The molecule has 0 bridgehead atoms. The summed E-state index contributed by atoms with van der Waals surface area (Å²) in [7, 11) is 0. The molecule has 0 saturated carbocycles. The number of hydrogen-bond acceptors (Lipinski definition) is 1. The Morgan fingerprint density at radius 2 is 2.29 bits per heavy atom. The molecule has 0 amide bonds. The van der Waals surface area contributed by atoms with Gasteiger partial charge in [0.2, 0.25) is 0 Å². The fourth-order valence-corrected chi connectivity index (χ4v) is 0.234. The summed E-state index contributed by atoms with van der Waals surface area (Å²) < 4.78 is 0. The fourth-order valence-electron chi connectivity index (χ4n) is 0.234. The molecule has 0 heterocycles. The van der Waals surface area contributed by atoms with Gasteiger partial charge in [-0.05, 0) is 6.92 Å². The molecule has 1 heteroatoms. The summed E-state index contributed by atoms with van der Waals surface area (Å²) in [6, 6.07) is 0. The molecule has 7 heavy (non-hydrogen) atoms. The van der Waals surface area contributed by atoms with Crippen LogP contribution in [0.2, 0.25) is 0 Å². The average molecular weight is 96.1 g/mol. The van der Waals surface area contributed by atoms with Crippen LogP contribution in [0.3, 0.4) is 0 Å². The van der Waals surface area contributed by atoms with Crippen molar-refractivity contribution in [1.82, 2.24) is 0 Å². The maximum Gasteiger partial charge on any atom is 0.149 e. The summed E-state index contributed by atoms with van der Waals surface area (Å²) in [4.78, 5) is 9.83. The summed E-state index contributed by atoms with van der Waals surface area (Å²) in [6.45, 7) is 5.20. The topological polar surface area (TPSA) is 17.1 Å². The molecular formula is C6H8O. The van der Waals surface area contributed by atoms with Gasteiger partial charge >= 0.3 is 0 Å². The number of carbonyl (C=O) groups excluding carboxylic acids is 1. The highest BCUT2D eigenvalue weighted by Crippen LogP contribution is 1.85. The van der Waals surface area contributed by atoms with Gasteiger partial charge in [0.1, 0.15) is 6.29 Å². The minimum Gasteiger partial charge on any atom is -0.298 e. The fraction of sp³-hybridized carbons (Fsp3) is 0.167. The van der Waals surface area contributed by atoms with E-state index in [4.69, 9.17) is 0 Å². The van der Waals surface area contributed by atoms with Crippen molar-refractivity contribution >= 4 is 6.29 Å². The number of rotatable bonds is 2. The highest BCUT2D eigenvalue weighted by molar-refractivity contribution is 5.76. The monoisotopic (exact) mass is 96.1 g/mol. The predicted octanol–water partition coefficient (Wildman–Crippen LogP) is 1.32. The molecule has 38 valence electrons. The smallest absolute Gasteiger partial charge is 0.149 e. The van der Waals surface area contributed by atoms with Crippen LogP contribution in [-0.2, 0) is 4.79 Å². The third-order valence-electron chi connectivity index (χ3n) is 0.705. The maximum absolute atomic E-state index is 9.83. The van der Waals surface area contributed by atoms with Gasteiger partial charge < -0.3 is 0 Å². The van der Waals surface area contributed by atoms with Crippen LogP contribution >= 0.6 is 0 Å². The Kier molecular flexibility index (Phi) is 2.94. The van der Waals surface area contributed by atoms with Crippen LogP contribution in [0.25, 0.3) is 0 Å². The van der Waals surface area contributed by atoms with Crippen LogP contribution in [0, 0.1) is 0 Å². The van der Waals surface area contributed by atoms with Crippen LogP contribution in [-0.4, -0.2) is 6.29 Å². The maximum atomic E-state index is 9.83. The Bertz CT molecular complexity index is 90.7.